The molecule has 0 aliphatic carbocycles. The molecule has 0 radical (unpaired) electrons. The molecule has 0 atom stereocenters. The second-order valence-electron chi connectivity index (χ2n) is 5.60. The SMILES string of the molecule is COc1cc2ncnc(N3CCc4ccc(I)cc43)c2cc1OC. The van der Waals surface area contributed by atoms with Crippen LogP contribution in [0.4, 0.5) is 11.5 Å². The molecular weight excluding hydrogens is 417 g/mol. The maximum Gasteiger partial charge on any atom is 0.162 e. The molecule has 2 heterocycles. The lowest BCUT2D eigenvalue weighted by atomic mass is 10.1. The minimum absolute atomic E-state index is 0.672. The van der Waals surface area contributed by atoms with Crippen LogP contribution in [0.1, 0.15) is 5.56 Å². The van der Waals surface area contributed by atoms with E-state index in [9.17, 15) is 0 Å². The molecular formula is C18H16IN3O2. The van der Waals surface area contributed by atoms with E-state index in [0.29, 0.717) is 11.5 Å². The topological polar surface area (TPSA) is 47.5 Å². The molecule has 5 nitrogen and oxygen atoms in total. The number of benzene rings is 2. The average molecular weight is 433 g/mol. The first-order valence-electron chi connectivity index (χ1n) is 7.64. The van der Waals surface area contributed by atoms with E-state index in [1.807, 2.05) is 12.1 Å². The third kappa shape index (κ3) is 2.45. The van der Waals surface area contributed by atoms with Gasteiger partial charge in [0.05, 0.1) is 19.7 Å². The number of aromatic nitrogens is 2. The van der Waals surface area contributed by atoms with Crippen molar-refractivity contribution in [1.29, 1.82) is 0 Å². The molecule has 0 amide bonds. The third-order valence-corrected chi connectivity index (χ3v) is 4.99. The molecule has 1 aromatic heterocycles. The first-order chi connectivity index (χ1) is 11.7. The highest BCUT2D eigenvalue weighted by molar-refractivity contribution is 14.1. The molecule has 0 fully saturated rings. The van der Waals surface area contributed by atoms with Crippen LogP contribution in [0.25, 0.3) is 10.9 Å². The fourth-order valence-electron chi connectivity index (χ4n) is 3.16. The van der Waals surface area contributed by atoms with Gasteiger partial charge in [0.15, 0.2) is 11.5 Å². The Morgan fingerprint density at radius 3 is 2.62 bits per heavy atom. The highest BCUT2D eigenvalue weighted by atomic mass is 127. The molecule has 2 aromatic carbocycles. The fourth-order valence-corrected chi connectivity index (χ4v) is 3.63. The number of hydrogen-bond acceptors (Lipinski definition) is 5. The number of nitrogens with zero attached hydrogens (tertiary/aromatic N) is 3. The van der Waals surface area contributed by atoms with Gasteiger partial charge in [0.1, 0.15) is 12.1 Å². The average Bonchev–Trinajstić information content (AvgIpc) is 3.02. The second kappa shape index (κ2) is 6.08. The van der Waals surface area contributed by atoms with Gasteiger partial charge >= 0.3 is 0 Å². The summed E-state index contributed by atoms with van der Waals surface area (Å²) in [4.78, 5) is 11.2. The van der Waals surface area contributed by atoms with Crippen molar-refractivity contribution in [2.45, 2.75) is 6.42 Å². The van der Waals surface area contributed by atoms with Gasteiger partial charge in [-0.1, -0.05) is 6.07 Å². The van der Waals surface area contributed by atoms with E-state index in [4.69, 9.17) is 9.47 Å². The van der Waals surface area contributed by atoms with E-state index in [1.54, 1.807) is 20.5 Å². The normalized spacial score (nSPS) is 13.2. The number of ether oxygens (including phenoxy) is 2. The fraction of sp³-hybridized carbons (Fsp3) is 0.222. The van der Waals surface area contributed by atoms with Crippen molar-refractivity contribution < 1.29 is 9.47 Å². The summed E-state index contributed by atoms with van der Waals surface area (Å²) in [5, 5.41) is 0.960. The summed E-state index contributed by atoms with van der Waals surface area (Å²) in [6.45, 7) is 0.913. The summed E-state index contributed by atoms with van der Waals surface area (Å²) in [5.41, 5.74) is 3.41. The van der Waals surface area contributed by atoms with Crippen LogP contribution in [0, 0.1) is 3.57 Å². The Kier molecular flexibility index (Phi) is 3.91. The molecule has 1 aliphatic heterocycles. The molecule has 24 heavy (non-hydrogen) atoms. The van der Waals surface area contributed by atoms with Crippen molar-refractivity contribution in [3.63, 3.8) is 0 Å². The van der Waals surface area contributed by atoms with Crippen LogP contribution in [0.2, 0.25) is 0 Å². The van der Waals surface area contributed by atoms with Gasteiger partial charge in [-0.2, -0.15) is 0 Å². The molecule has 1 aliphatic rings. The van der Waals surface area contributed by atoms with Gasteiger partial charge in [0, 0.05) is 27.3 Å². The van der Waals surface area contributed by atoms with E-state index in [-0.39, 0.29) is 0 Å². The van der Waals surface area contributed by atoms with E-state index in [0.717, 1.165) is 29.7 Å². The summed E-state index contributed by atoms with van der Waals surface area (Å²) < 4.78 is 12.1. The van der Waals surface area contributed by atoms with Crippen molar-refractivity contribution >= 4 is 45.0 Å². The van der Waals surface area contributed by atoms with Crippen molar-refractivity contribution in [3.05, 3.63) is 45.8 Å². The molecule has 0 saturated carbocycles. The lowest BCUT2D eigenvalue weighted by Crippen LogP contribution is -2.15. The smallest absolute Gasteiger partial charge is 0.162 e. The summed E-state index contributed by atoms with van der Waals surface area (Å²) in [7, 11) is 3.27. The first-order valence-corrected chi connectivity index (χ1v) is 8.72. The van der Waals surface area contributed by atoms with Crippen LogP contribution >= 0.6 is 22.6 Å². The van der Waals surface area contributed by atoms with Gasteiger partial charge in [0.2, 0.25) is 0 Å². The zero-order valence-electron chi connectivity index (χ0n) is 13.4. The Bertz CT molecular complexity index is 930. The molecule has 0 saturated heterocycles. The summed E-state index contributed by atoms with van der Waals surface area (Å²) in [6, 6.07) is 10.4. The number of halogens is 1. The Balaban J connectivity index is 1.91. The van der Waals surface area contributed by atoms with Gasteiger partial charge in [-0.15, -0.1) is 0 Å². The van der Waals surface area contributed by atoms with E-state index in [1.165, 1.54) is 14.8 Å². The molecule has 0 unspecified atom stereocenters. The third-order valence-electron chi connectivity index (χ3n) is 4.32. The van der Waals surface area contributed by atoms with E-state index < -0.39 is 0 Å². The van der Waals surface area contributed by atoms with Gasteiger partial charge < -0.3 is 14.4 Å². The minimum Gasteiger partial charge on any atom is -0.493 e. The number of methoxy groups -OCH3 is 2. The predicted octanol–water partition coefficient (Wildman–Crippen LogP) is 3.95. The minimum atomic E-state index is 0.672. The van der Waals surface area contributed by atoms with Gasteiger partial charge in [-0.05, 0) is 52.8 Å². The lowest BCUT2D eigenvalue weighted by Gasteiger charge is -2.20. The highest BCUT2D eigenvalue weighted by Gasteiger charge is 2.24. The molecule has 0 N–H and O–H groups in total. The van der Waals surface area contributed by atoms with Gasteiger partial charge in [-0.25, -0.2) is 9.97 Å². The lowest BCUT2D eigenvalue weighted by molar-refractivity contribution is 0.356. The predicted molar refractivity (Wildman–Crippen MR) is 103 cm³/mol. The maximum absolute atomic E-state index is 5.45. The van der Waals surface area contributed by atoms with Crippen LogP contribution in [0.3, 0.4) is 0 Å². The number of fused-ring (bicyclic) bond motifs is 2. The molecule has 4 rings (SSSR count). The highest BCUT2D eigenvalue weighted by Crippen LogP contribution is 2.40. The molecule has 3 aromatic rings. The summed E-state index contributed by atoms with van der Waals surface area (Å²) in [5.74, 6) is 2.26. The van der Waals surface area contributed by atoms with Crippen LogP contribution < -0.4 is 14.4 Å². The zero-order chi connectivity index (χ0) is 16.7. The molecule has 122 valence electrons. The number of anilines is 2. The van der Waals surface area contributed by atoms with Gasteiger partial charge in [0.25, 0.3) is 0 Å². The first kappa shape index (κ1) is 15.4. The Morgan fingerprint density at radius 1 is 1.04 bits per heavy atom. The quantitative estimate of drug-likeness (QED) is 0.586. The van der Waals surface area contributed by atoms with Crippen molar-refractivity contribution in [2.24, 2.45) is 0 Å². The van der Waals surface area contributed by atoms with Crippen molar-refractivity contribution in [2.75, 3.05) is 25.7 Å². The summed E-state index contributed by atoms with van der Waals surface area (Å²) >= 11 is 2.35. The monoisotopic (exact) mass is 433 g/mol. The standard InChI is InChI=1S/C18H16IN3O2/c1-23-16-8-13-14(9-17(16)24-2)20-10-21-18(13)22-6-5-11-3-4-12(19)7-15(11)22/h3-4,7-10H,5-6H2,1-2H3. The maximum atomic E-state index is 5.45. The Hall–Kier alpha value is -2.09. The Morgan fingerprint density at radius 2 is 1.83 bits per heavy atom. The summed E-state index contributed by atoms with van der Waals surface area (Å²) in [6.07, 6.45) is 2.63. The van der Waals surface area contributed by atoms with Gasteiger partial charge in [-0.3, -0.25) is 0 Å². The van der Waals surface area contributed by atoms with Crippen LogP contribution in [-0.2, 0) is 6.42 Å². The van der Waals surface area contributed by atoms with Crippen LogP contribution in [0.15, 0.2) is 36.7 Å². The Labute approximate surface area is 153 Å². The van der Waals surface area contributed by atoms with Crippen LogP contribution in [-0.4, -0.2) is 30.7 Å². The molecule has 0 spiro atoms. The second-order valence-corrected chi connectivity index (χ2v) is 6.84. The molecule has 0 bridgehead atoms. The number of hydrogen-bond donors (Lipinski definition) is 0. The van der Waals surface area contributed by atoms with Crippen molar-refractivity contribution in [3.8, 4) is 11.5 Å². The molecule has 6 heteroatoms. The van der Waals surface area contributed by atoms with E-state index >= 15 is 0 Å². The van der Waals surface area contributed by atoms with E-state index in [2.05, 4.69) is 55.7 Å². The van der Waals surface area contributed by atoms with Crippen molar-refractivity contribution in [1.82, 2.24) is 9.97 Å². The van der Waals surface area contributed by atoms with Crippen LogP contribution in [0.5, 0.6) is 11.5 Å². The number of rotatable bonds is 3. The zero-order valence-corrected chi connectivity index (χ0v) is 15.6. The largest absolute Gasteiger partial charge is 0.493 e.